The zero-order valence-electron chi connectivity index (χ0n) is 11.2. The van der Waals surface area contributed by atoms with E-state index in [-0.39, 0.29) is 5.67 Å². The maximum atomic E-state index is 6.07. The second kappa shape index (κ2) is 9.95. The zero-order chi connectivity index (χ0) is 13.1. The van der Waals surface area contributed by atoms with Crippen molar-refractivity contribution in [1.29, 1.82) is 0 Å². The van der Waals surface area contributed by atoms with E-state index in [2.05, 4.69) is 5.32 Å². The van der Waals surface area contributed by atoms with Gasteiger partial charge in [0, 0.05) is 34.4 Å². The van der Waals surface area contributed by atoms with E-state index in [9.17, 15) is 0 Å². The van der Waals surface area contributed by atoms with E-state index >= 15 is 0 Å². The molecule has 0 aliphatic rings. The summed E-state index contributed by atoms with van der Waals surface area (Å²) in [6.45, 7) is 2.50. The molecule has 0 aromatic rings. The van der Waals surface area contributed by atoms with Crippen LogP contribution in [0.15, 0.2) is 0 Å². The second-order valence-electron chi connectivity index (χ2n) is 3.86. The minimum absolute atomic E-state index is 0.169. The minimum atomic E-state index is -2.66. The van der Waals surface area contributed by atoms with E-state index < -0.39 is 8.80 Å². The van der Waals surface area contributed by atoms with Crippen molar-refractivity contribution in [1.82, 2.24) is 5.32 Å². The predicted molar refractivity (Wildman–Crippen MR) is 70.5 cm³/mol. The Balaban J connectivity index is 3.79. The molecule has 0 saturated carbocycles. The summed E-state index contributed by atoms with van der Waals surface area (Å²) < 4.78 is 16.0. The Bertz CT molecular complexity index is 174. The molecule has 0 aliphatic carbocycles. The number of rotatable bonds is 11. The molecule has 0 fully saturated rings. The Morgan fingerprint density at radius 1 is 1.06 bits per heavy atom. The van der Waals surface area contributed by atoms with Gasteiger partial charge in [-0.2, -0.15) is 0 Å². The van der Waals surface area contributed by atoms with Gasteiger partial charge in [0.15, 0.2) is 0 Å². The fourth-order valence-electron chi connectivity index (χ4n) is 1.72. The van der Waals surface area contributed by atoms with Crippen molar-refractivity contribution in [2.24, 2.45) is 11.5 Å². The highest BCUT2D eigenvalue weighted by atomic mass is 28.4. The number of nitrogens with one attached hydrogen (secondary N) is 1. The van der Waals surface area contributed by atoms with E-state index in [1.165, 1.54) is 0 Å². The summed E-state index contributed by atoms with van der Waals surface area (Å²) >= 11 is 0. The van der Waals surface area contributed by atoms with Gasteiger partial charge in [-0.05, 0) is 19.4 Å². The highest BCUT2D eigenvalue weighted by Crippen LogP contribution is 2.14. The number of hydrogen-bond acceptors (Lipinski definition) is 6. The van der Waals surface area contributed by atoms with Gasteiger partial charge in [-0.3, -0.25) is 0 Å². The van der Waals surface area contributed by atoms with Crippen LogP contribution in [0.1, 0.15) is 19.3 Å². The molecule has 5 N–H and O–H groups in total. The van der Waals surface area contributed by atoms with Crippen molar-refractivity contribution in [3.63, 3.8) is 0 Å². The third kappa shape index (κ3) is 5.91. The Kier molecular flexibility index (Phi) is 9.94. The summed E-state index contributed by atoms with van der Waals surface area (Å²) in [4.78, 5) is 0. The average molecular weight is 265 g/mol. The molecule has 0 heterocycles. The Morgan fingerprint density at radius 3 is 2.12 bits per heavy atom. The maximum absolute atomic E-state index is 6.07. The highest BCUT2D eigenvalue weighted by Gasteiger charge is 2.44. The lowest BCUT2D eigenvalue weighted by molar-refractivity contribution is 0.111. The van der Waals surface area contributed by atoms with E-state index in [0.29, 0.717) is 6.54 Å². The summed E-state index contributed by atoms with van der Waals surface area (Å²) in [5.41, 5.74) is 11.3. The van der Waals surface area contributed by atoms with E-state index in [1.807, 2.05) is 0 Å². The molecule has 104 valence electrons. The molecule has 7 heteroatoms. The summed E-state index contributed by atoms with van der Waals surface area (Å²) in [6.07, 6.45) is 2.92. The zero-order valence-corrected chi connectivity index (χ0v) is 12.2. The largest absolute Gasteiger partial charge is 0.517 e. The molecule has 0 rings (SSSR count). The van der Waals surface area contributed by atoms with Gasteiger partial charge < -0.3 is 30.1 Å². The molecule has 0 bridgehead atoms. The lowest BCUT2D eigenvalue weighted by atomic mass is 10.2. The maximum Gasteiger partial charge on any atom is 0.517 e. The van der Waals surface area contributed by atoms with Crippen LogP contribution in [-0.4, -0.2) is 55.4 Å². The molecular weight excluding hydrogens is 238 g/mol. The van der Waals surface area contributed by atoms with Crippen LogP contribution in [0.3, 0.4) is 0 Å². The van der Waals surface area contributed by atoms with Gasteiger partial charge in [-0.15, -0.1) is 0 Å². The molecule has 0 aliphatic heterocycles. The standard InChI is InChI=1S/C10H27N3O3Si/c1-14-17(15-2,16-3)10(12)6-4-5-8-13-9-7-11/h10,13H,4-9,11-12H2,1-3H3. The monoisotopic (exact) mass is 265 g/mol. The third-order valence-corrected chi connectivity index (χ3v) is 5.65. The first-order valence-electron chi connectivity index (χ1n) is 5.98. The molecule has 0 saturated heterocycles. The topological polar surface area (TPSA) is 91.8 Å². The van der Waals surface area contributed by atoms with Crippen molar-refractivity contribution < 1.29 is 13.3 Å². The van der Waals surface area contributed by atoms with Gasteiger partial charge in [0.1, 0.15) is 0 Å². The number of nitrogens with two attached hydrogens (primary N) is 2. The molecule has 1 unspecified atom stereocenters. The fourth-order valence-corrected chi connectivity index (χ4v) is 3.69. The van der Waals surface area contributed by atoms with Gasteiger partial charge >= 0.3 is 8.80 Å². The van der Waals surface area contributed by atoms with Crippen LogP contribution < -0.4 is 16.8 Å². The Labute approximate surface area is 105 Å². The molecule has 6 nitrogen and oxygen atoms in total. The number of hydrogen-bond donors (Lipinski definition) is 3. The van der Waals surface area contributed by atoms with Crippen LogP contribution in [0.25, 0.3) is 0 Å². The van der Waals surface area contributed by atoms with E-state index in [4.69, 9.17) is 24.7 Å². The minimum Gasteiger partial charge on any atom is -0.376 e. The first kappa shape index (κ1) is 17.0. The molecule has 17 heavy (non-hydrogen) atoms. The van der Waals surface area contributed by atoms with Gasteiger partial charge in [0.2, 0.25) is 0 Å². The molecule has 0 aromatic carbocycles. The van der Waals surface area contributed by atoms with Crippen molar-refractivity contribution in [2.75, 3.05) is 41.0 Å². The van der Waals surface area contributed by atoms with Crippen molar-refractivity contribution in [3.05, 3.63) is 0 Å². The first-order valence-corrected chi connectivity index (χ1v) is 7.78. The molecule has 0 radical (unpaired) electrons. The van der Waals surface area contributed by atoms with Crippen molar-refractivity contribution >= 4 is 8.80 Å². The molecule has 0 aromatic heterocycles. The molecule has 0 spiro atoms. The van der Waals surface area contributed by atoms with Crippen LogP contribution in [0.4, 0.5) is 0 Å². The molecular formula is C10H27N3O3Si. The second-order valence-corrected chi connectivity index (χ2v) is 7.03. The van der Waals surface area contributed by atoms with Crippen molar-refractivity contribution in [3.8, 4) is 0 Å². The smallest absolute Gasteiger partial charge is 0.376 e. The van der Waals surface area contributed by atoms with Crippen LogP contribution in [0.5, 0.6) is 0 Å². The van der Waals surface area contributed by atoms with Gasteiger partial charge in [0.05, 0.1) is 5.67 Å². The van der Waals surface area contributed by atoms with E-state index in [0.717, 1.165) is 32.4 Å². The number of unbranched alkanes of at least 4 members (excludes halogenated alkanes) is 1. The van der Waals surface area contributed by atoms with Crippen molar-refractivity contribution in [2.45, 2.75) is 24.9 Å². The van der Waals surface area contributed by atoms with Crippen LogP contribution in [0.2, 0.25) is 0 Å². The summed E-state index contributed by atoms with van der Waals surface area (Å²) in [6, 6.07) is 0. The van der Waals surface area contributed by atoms with Crippen LogP contribution >= 0.6 is 0 Å². The van der Waals surface area contributed by atoms with Gasteiger partial charge in [-0.1, -0.05) is 6.42 Å². The SMILES string of the molecule is CO[Si](OC)(OC)C(N)CCCCNCCN. The van der Waals surface area contributed by atoms with Crippen LogP contribution in [0, 0.1) is 0 Å². The lowest BCUT2D eigenvalue weighted by Gasteiger charge is -2.29. The summed E-state index contributed by atoms with van der Waals surface area (Å²) in [7, 11) is 2.10. The normalized spacial score (nSPS) is 13.9. The molecule has 0 amide bonds. The highest BCUT2D eigenvalue weighted by molar-refractivity contribution is 6.62. The van der Waals surface area contributed by atoms with Crippen LogP contribution in [-0.2, 0) is 13.3 Å². The van der Waals surface area contributed by atoms with Gasteiger partial charge in [-0.25, -0.2) is 0 Å². The predicted octanol–water partition coefficient (Wildman–Crippen LogP) is -0.550. The van der Waals surface area contributed by atoms with Gasteiger partial charge in [0.25, 0.3) is 0 Å². The summed E-state index contributed by atoms with van der Waals surface area (Å²) in [5.74, 6) is 0. The lowest BCUT2D eigenvalue weighted by Crippen LogP contribution is -2.58. The quantitative estimate of drug-likeness (QED) is 0.343. The first-order chi connectivity index (χ1) is 8.16. The summed E-state index contributed by atoms with van der Waals surface area (Å²) in [5, 5.41) is 3.24. The Morgan fingerprint density at radius 2 is 1.65 bits per heavy atom. The average Bonchev–Trinajstić information content (AvgIpc) is 2.36. The third-order valence-electron chi connectivity index (χ3n) is 2.75. The van der Waals surface area contributed by atoms with E-state index in [1.54, 1.807) is 21.3 Å². The molecule has 1 atom stereocenters. The Hall–Kier alpha value is -0.0231. The fraction of sp³-hybridized carbons (Fsp3) is 1.00.